The first-order valence-electron chi connectivity index (χ1n) is 6.31. The van der Waals surface area contributed by atoms with Crippen LogP contribution in [-0.4, -0.2) is 30.1 Å². The molecule has 1 aliphatic heterocycles. The average molecular weight is 349 g/mol. The normalized spacial score (nSPS) is 11.2. The van der Waals surface area contributed by atoms with E-state index < -0.39 is 5.41 Å². The molecule has 0 spiro atoms. The predicted molar refractivity (Wildman–Crippen MR) is 78.9 cm³/mol. The summed E-state index contributed by atoms with van der Waals surface area (Å²) in [5.41, 5.74) is -0.942. The quantitative estimate of drug-likeness (QED) is 0.782. The van der Waals surface area contributed by atoms with Gasteiger partial charge in [-0.1, -0.05) is 7.43 Å². The number of ether oxygens (including phenoxy) is 1. The maximum atomic E-state index is 10.9. The van der Waals surface area contributed by atoms with E-state index in [4.69, 9.17) is 15.6 Å². The molecule has 125 valence electrons. The molecular formula is C15H26N2O4V. The smallest absolute Gasteiger partial charge is 0.309 e. The van der Waals surface area contributed by atoms with Gasteiger partial charge in [-0.15, -0.1) is 0 Å². The van der Waals surface area contributed by atoms with Gasteiger partial charge in [0.2, 0.25) is 0 Å². The van der Waals surface area contributed by atoms with Gasteiger partial charge >= 0.3 is 5.97 Å². The van der Waals surface area contributed by atoms with E-state index in [9.17, 15) is 9.59 Å². The summed E-state index contributed by atoms with van der Waals surface area (Å²) in [5.74, 6) is -0.0856. The van der Waals surface area contributed by atoms with E-state index in [0.29, 0.717) is 13.0 Å². The first kappa shape index (κ1) is 28.8. The van der Waals surface area contributed by atoms with E-state index in [2.05, 4.69) is 4.74 Å². The average Bonchev–Trinajstić information content (AvgIpc) is 2.38. The van der Waals surface area contributed by atoms with Gasteiger partial charge in [-0.3, -0.25) is 9.59 Å². The van der Waals surface area contributed by atoms with Gasteiger partial charge in [-0.05, 0) is 27.7 Å². The van der Waals surface area contributed by atoms with Crippen LogP contribution in [0.25, 0.3) is 0 Å². The number of aliphatic hydroxyl groups is 1. The van der Waals surface area contributed by atoms with Crippen LogP contribution in [0.1, 0.15) is 48.0 Å². The maximum Gasteiger partial charge on any atom is 0.309 e. The van der Waals surface area contributed by atoms with Crippen molar-refractivity contribution in [2.75, 3.05) is 13.2 Å². The van der Waals surface area contributed by atoms with Gasteiger partial charge in [0.05, 0.1) is 25.2 Å². The van der Waals surface area contributed by atoms with Gasteiger partial charge in [-0.25, -0.2) is 0 Å². The molecule has 0 unspecified atom stereocenters. The Kier molecular flexibility index (Phi) is 21.0. The van der Waals surface area contributed by atoms with Crippen LogP contribution in [0, 0.1) is 34.0 Å². The van der Waals surface area contributed by atoms with Crippen LogP contribution in [-0.2, 0) is 32.9 Å². The van der Waals surface area contributed by atoms with Crippen LogP contribution >= 0.6 is 0 Å². The number of ketones is 1. The molecule has 6 nitrogen and oxygen atoms in total. The zero-order valence-electron chi connectivity index (χ0n) is 12.9. The fraction of sp³-hybridized carbons (Fsp3) is 0.733. The molecule has 0 aliphatic carbocycles. The van der Waals surface area contributed by atoms with E-state index in [1.54, 1.807) is 13.8 Å². The van der Waals surface area contributed by atoms with Crippen LogP contribution < -0.4 is 0 Å². The molecule has 0 amide bonds. The van der Waals surface area contributed by atoms with Gasteiger partial charge in [0.25, 0.3) is 0 Å². The molecule has 1 heterocycles. The number of nitrogens with zero attached hydrogens (tertiary/aromatic N) is 2. The molecule has 22 heavy (non-hydrogen) atoms. The van der Waals surface area contributed by atoms with Crippen molar-refractivity contribution in [3.8, 4) is 12.1 Å². The summed E-state index contributed by atoms with van der Waals surface area (Å²) >= 11 is 0. The van der Waals surface area contributed by atoms with Gasteiger partial charge in [-0.2, -0.15) is 10.5 Å². The third-order valence-corrected chi connectivity index (χ3v) is 2.14. The number of carbonyl (C=O) groups excluding carboxylic acids is 2. The van der Waals surface area contributed by atoms with Crippen molar-refractivity contribution in [2.24, 2.45) is 11.3 Å². The summed E-state index contributed by atoms with van der Waals surface area (Å²) in [6.45, 7) is 7.28. The van der Waals surface area contributed by atoms with E-state index in [0.717, 1.165) is 0 Å². The standard InChI is InChI=1S/C7H11NO2.C4H7N.C3H4O2.CH4.V/c1-7(2,5-8)6(10)3-4-9;1-4(2)3-5;4-3-1-2-5-3;;/h9H,3-4H2,1-2H3;4H,1-2H3;1-2H2;1H4;. The van der Waals surface area contributed by atoms with Gasteiger partial charge in [0.1, 0.15) is 12.0 Å². The molecule has 1 radical (unpaired) electrons. The van der Waals surface area contributed by atoms with Crippen molar-refractivity contribution < 1.29 is 38.0 Å². The number of carbonyl (C=O) groups is 2. The monoisotopic (exact) mass is 349 g/mol. The minimum atomic E-state index is -0.942. The van der Waals surface area contributed by atoms with Crippen molar-refractivity contribution in [1.29, 1.82) is 10.5 Å². The van der Waals surface area contributed by atoms with E-state index in [-0.39, 0.29) is 56.7 Å². The number of hydrogen-bond donors (Lipinski definition) is 1. The molecule has 1 rings (SSSR count). The summed E-state index contributed by atoms with van der Waals surface area (Å²) in [5, 5.41) is 24.7. The molecule has 7 heteroatoms. The molecule has 0 aromatic rings. The minimum absolute atomic E-state index is 0. The van der Waals surface area contributed by atoms with Crippen molar-refractivity contribution in [3.05, 3.63) is 0 Å². The zero-order valence-corrected chi connectivity index (χ0v) is 14.3. The third kappa shape index (κ3) is 16.7. The molecule has 0 bridgehead atoms. The number of rotatable bonds is 3. The Hall–Kier alpha value is -1.34. The first-order valence-corrected chi connectivity index (χ1v) is 6.31. The van der Waals surface area contributed by atoms with Crippen LogP contribution in [0.2, 0.25) is 0 Å². The van der Waals surface area contributed by atoms with E-state index >= 15 is 0 Å². The molecule has 1 saturated heterocycles. The zero-order chi connectivity index (χ0) is 16.2. The number of esters is 1. The summed E-state index contributed by atoms with van der Waals surface area (Å²) in [6.07, 6.45) is 0.695. The van der Waals surface area contributed by atoms with Gasteiger partial charge in [0, 0.05) is 30.9 Å². The SMILES string of the molecule is C.CC(C)(C#N)C(=O)CCO.CC(C)C#N.O=C1CCO1.[V]. The molecule has 0 atom stereocenters. The maximum absolute atomic E-state index is 10.9. The number of Topliss-reactive ketones (excluding diaryl/α,β-unsaturated/α-hetero) is 1. The van der Waals surface area contributed by atoms with E-state index in [1.165, 1.54) is 0 Å². The van der Waals surface area contributed by atoms with Gasteiger partial charge in [0.15, 0.2) is 5.78 Å². The van der Waals surface area contributed by atoms with Crippen molar-refractivity contribution in [1.82, 2.24) is 0 Å². The van der Waals surface area contributed by atoms with Gasteiger partial charge < -0.3 is 9.84 Å². The number of cyclic esters (lactones) is 1. The van der Waals surface area contributed by atoms with E-state index in [1.807, 2.05) is 26.0 Å². The number of hydrogen-bond acceptors (Lipinski definition) is 6. The summed E-state index contributed by atoms with van der Waals surface area (Å²) in [7, 11) is 0. The Morgan fingerprint density at radius 3 is 1.91 bits per heavy atom. The summed E-state index contributed by atoms with van der Waals surface area (Å²) in [6, 6.07) is 3.89. The molecule has 0 aromatic carbocycles. The summed E-state index contributed by atoms with van der Waals surface area (Å²) < 4.78 is 4.29. The number of nitriles is 2. The second kappa shape index (κ2) is 16.0. The topological polar surface area (TPSA) is 111 Å². The molecular weight excluding hydrogens is 323 g/mol. The van der Waals surface area contributed by atoms with Crippen LogP contribution in [0.4, 0.5) is 0 Å². The number of aliphatic hydroxyl groups excluding tert-OH is 1. The fourth-order valence-electron chi connectivity index (χ4n) is 0.662. The Bertz CT molecular complexity index is 389. The Morgan fingerprint density at radius 1 is 1.41 bits per heavy atom. The Balaban J connectivity index is -0.000000115. The second-order valence-corrected chi connectivity index (χ2v) is 4.89. The Labute approximate surface area is 145 Å². The predicted octanol–water partition coefficient (Wildman–Crippen LogP) is 2.22. The molecule has 1 N–H and O–H groups in total. The molecule has 0 saturated carbocycles. The van der Waals surface area contributed by atoms with Crippen LogP contribution in [0.5, 0.6) is 0 Å². The first-order chi connectivity index (χ1) is 9.21. The molecule has 0 aromatic heterocycles. The van der Waals surface area contributed by atoms with Crippen molar-refractivity contribution >= 4 is 11.8 Å². The van der Waals surface area contributed by atoms with Crippen LogP contribution in [0.15, 0.2) is 0 Å². The Morgan fingerprint density at radius 2 is 1.77 bits per heavy atom. The fourth-order valence-corrected chi connectivity index (χ4v) is 0.662. The minimum Gasteiger partial charge on any atom is -0.465 e. The van der Waals surface area contributed by atoms with Crippen LogP contribution in [0.3, 0.4) is 0 Å². The largest absolute Gasteiger partial charge is 0.465 e. The van der Waals surface area contributed by atoms with Crippen molar-refractivity contribution in [3.63, 3.8) is 0 Å². The van der Waals surface area contributed by atoms with Crippen molar-refractivity contribution in [2.45, 2.75) is 48.0 Å². The molecule has 1 aliphatic rings. The third-order valence-electron chi connectivity index (χ3n) is 2.14. The summed E-state index contributed by atoms with van der Waals surface area (Å²) in [4.78, 5) is 20.6. The second-order valence-electron chi connectivity index (χ2n) is 4.89. The molecule has 1 fully saturated rings.